The Kier molecular flexibility index (Phi) is 8.02. The lowest BCUT2D eigenvalue weighted by atomic mass is 10.1. The van der Waals surface area contributed by atoms with Crippen molar-refractivity contribution in [2.24, 2.45) is 0 Å². The van der Waals surface area contributed by atoms with Crippen LogP contribution in [0.1, 0.15) is 43.5 Å². The highest BCUT2D eigenvalue weighted by Gasteiger charge is 2.21. The number of nitrogens with one attached hydrogen (secondary N) is 1. The summed E-state index contributed by atoms with van der Waals surface area (Å²) in [6, 6.07) is 5.91. The second kappa shape index (κ2) is 10.0. The van der Waals surface area contributed by atoms with Crippen LogP contribution in [0, 0.1) is 0 Å². The minimum atomic E-state index is -3.51. The molecule has 0 spiro atoms. The first kappa shape index (κ1) is 20.8. The number of carbonyl (C=O) groups excluding carboxylic acids is 1. The van der Waals surface area contributed by atoms with Gasteiger partial charge in [0.1, 0.15) is 0 Å². The highest BCUT2D eigenvalue weighted by molar-refractivity contribution is 7.89. The van der Waals surface area contributed by atoms with Gasteiger partial charge < -0.3 is 4.90 Å². The molecule has 1 N–H and O–H groups in total. The fourth-order valence-corrected chi connectivity index (χ4v) is 4.48. The summed E-state index contributed by atoms with van der Waals surface area (Å²) in [5, 5.41) is 0. The molecule has 8 heteroatoms. The number of nitrogens with zero attached hydrogens (tertiary/aromatic N) is 2. The number of rotatable bonds is 9. The van der Waals surface area contributed by atoms with Crippen molar-refractivity contribution in [3.63, 3.8) is 0 Å². The molecule has 146 valence electrons. The van der Waals surface area contributed by atoms with Crippen LogP contribution >= 0.6 is 0 Å². The molecule has 1 amide bonds. The average molecular weight is 384 g/mol. The first-order valence-electron chi connectivity index (χ1n) is 9.23. The van der Waals surface area contributed by atoms with Crippen molar-refractivity contribution in [2.45, 2.75) is 38.0 Å². The Balaban J connectivity index is 1.84. The molecule has 1 aromatic carbocycles. The molecule has 0 unspecified atom stereocenters. The van der Waals surface area contributed by atoms with E-state index in [1.807, 2.05) is 0 Å². The van der Waals surface area contributed by atoms with Crippen LogP contribution in [0.3, 0.4) is 0 Å². The first-order chi connectivity index (χ1) is 12.5. The van der Waals surface area contributed by atoms with E-state index in [1.165, 1.54) is 47.8 Å². The number of amides is 1. The van der Waals surface area contributed by atoms with Crippen molar-refractivity contribution in [2.75, 3.05) is 39.3 Å². The Morgan fingerprint density at radius 3 is 2.31 bits per heavy atom. The molecule has 1 fully saturated rings. The predicted octanol–water partition coefficient (Wildman–Crippen LogP) is 1.86. The number of hydroxylamine groups is 1. The van der Waals surface area contributed by atoms with Crippen molar-refractivity contribution in [1.29, 1.82) is 0 Å². The van der Waals surface area contributed by atoms with Gasteiger partial charge in [0.25, 0.3) is 5.91 Å². The van der Waals surface area contributed by atoms with Crippen LogP contribution in [0.25, 0.3) is 0 Å². The van der Waals surface area contributed by atoms with Gasteiger partial charge in [0.2, 0.25) is 10.0 Å². The van der Waals surface area contributed by atoms with Gasteiger partial charge in [0.05, 0.1) is 11.5 Å². The number of carbonyl (C=O) groups is 1. The third-order valence-electron chi connectivity index (χ3n) is 4.58. The molecule has 1 heterocycles. The molecular formula is C18H29N3O4S. The monoisotopic (exact) mass is 383 g/mol. The van der Waals surface area contributed by atoms with Gasteiger partial charge in [-0.05, 0) is 50.2 Å². The molecule has 1 aliphatic heterocycles. The van der Waals surface area contributed by atoms with Crippen LogP contribution in [0.5, 0.6) is 0 Å². The van der Waals surface area contributed by atoms with E-state index in [0.717, 1.165) is 19.6 Å². The van der Waals surface area contributed by atoms with Crippen molar-refractivity contribution >= 4 is 15.9 Å². The first-order valence-corrected chi connectivity index (χ1v) is 10.7. The maximum Gasteiger partial charge on any atom is 0.274 e. The van der Waals surface area contributed by atoms with Gasteiger partial charge in [-0.25, -0.2) is 13.9 Å². The van der Waals surface area contributed by atoms with Crippen LogP contribution in [-0.4, -0.2) is 62.9 Å². The molecule has 2 rings (SSSR count). The maximum atomic E-state index is 12.4. The van der Waals surface area contributed by atoms with Crippen LogP contribution in [0.15, 0.2) is 29.2 Å². The lowest BCUT2D eigenvalue weighted by molar-refractivity contribution is 0.0206. The van der Waals surface area contributed by atoms with Crippen LogP contribution in [0.4, 0.5) is 0 Å². The second-order valence-electron chi connectivity index (χ2n) is 6.30. The molecule has 0 saturated carbocycles. The van der Waals surface area contributed by atoms with E-state index in [1.54, 1.807) is 13.8 Å². The molecule has 7 nitrogen and oxygen atoms in total. The minimum absolute atomic E-state index is 0.184. The standard InChI is InChI=1S/C18H29N3O4S/c1-3-21(4-2)26(23,24)17-10-8-16(9-11-17)18(22)19-25-15-14-20-12-6-5-7-13-20/h8-11H,3-7,12-15H2,1-2H3,(H,19,22). The van der Waals surface area contributed by atoms with Crippen molar-refractivity contribution in [1.82, 2.24) is 14.7 Å². The van der Waals surface area contributed by atoms with Crippen molar-refractivity contribution in [3.05, 3.63) is 29.8 Å². The van der Waals surface area contributed by atoms with E-state index >= 15 is 0 Å². The summed E-state index contributed by atoms with van der Waals surface area (Å²) in [6.07, 6.45) is 3.72. The molecular weight excluding hydrogens is 354 g/mol. The molecule has 1 aromatic rings. The van der Waals surface area contributed by atoms with E-state index in [2.05, 4.69) is 10.4 Å². The fourth-order valence-electron chi connectivity index (χ4n) is 3.02. The summed E-state index contributed by atoms with van der Waals surface area (Å²) in [6.45, 7) is 7.80. The normalized spacial score (nSPS) is 16.0. The summed E-state index contributed by atoms with van der Waals surface area (Å²) in [5.74, 6) is -0.379. The molecule has 1 aliphatic rings. The highest BCUT2D eigenvalue weighted by atomic mass is 32.2. The number of hydrogen-bond acceptors (Lipinski definition) is 5. The molecule has 0 aliphatic carbocycles. The SMILES string of the molecule is CCN(CC)S(=O)(=O)c1ccc(C(=O)NOCCN2CCCCC2)cc1. The van der Waals surface area contributed by atoms with Gasteiger partial charge in [-0.3, -0.25) is 9.63 Å². The van der Waals surface area contributed by atoms with E-state index in [4.69, 9.17) is 4.84 Å². The lowest BCUT2D eigenvalue weighted by Crippen LogP contribution is -2.35. The number of sulfonamides is 1. The number of hydrogen-bond donors (Lipinski definition) is 1. The Morgan fingerprint density at radius 1 is 1.12 bits per heavy atom. The van der Waals surface area contributed by atoms with Gasteiger partial charge in [0, 0.05) is 25.2 Å². The number of piperidine rings is 1. The zero-order valence-corrected chi connectivity index (χ0v) is 16.4. The van der Waals surface area contributed by atoms with Gasteiger partial charge >= 0.3 is 0 Å². The van der Waals surface area contributed by atoms with Crippen molar-refractivity contribution in [3.8, 4) is 0 Å². The van der Waals surface area contributed by atoms with Gasteiger partial charge in [0.15, 0.2) is 0 Å². The molecule has 26 heavy (non-hydrogen) atoms. The van der Waals surface area contributed by atoms with Crippen LogP contribution < -0.4 is 5.48 Å². The van der Waals surface area contributed by atoms with Gasteiger partial charge in [-0.15, -0.1) is 0 Å². The molecule has 0 atom stereocenters. The molecule has 1 saturated heterocycles. The van der Waals surface area contributed by atoms with Gasteiger partial charge in [-0.1, -0.05) is 20.3 Å². The Labute approximate surface area is 156 Å². The Hall–Kier alpha value is -1.48. The van der Waals surface area contributed by atoms with Crippen molar-refractivity contribution < 1.29 is 18.0 Å². The minimum Gasteiger partial charge on any atom is -0.301 e. The van der Waals surface area contributed by atoms with Crippen LogP contribution in [0.2, 0.25) is 0 Å². The average Bonchev–Trinajstić information content (AvgIpc) is 2.67. The predicted molar refractivity (Wildman–Crippen MR) is 100 cm³/mol. The van der Waals surface area contributed by atoms with Gasteiger partial charge in [-0.2, -0.15) is 4.31 Å². The lowest BCUT2D eigenvalue weighted by Gasteiger charge is -2.25. The highest BCUT2D eigenvalue weighted by Crippen LogP contribution is 2.16. The summed E-state index contributed by atoms with van der Waals surface area (Å²) in [4.78, 5) is 19.9. The summed E-state index contributed by atoms with van der Waals surface area (Å²) in [7, 11) is -3.51. The summed E-state index contributed by atoms with van der Waals surface area (Å²) >= 11 is 0. The number of benzene rings is 1. The second-order valence-corrected chi connectivity index (χ2v) is 8.23. The molecule has 0 aromatic heterocycles. The molecule has 0 radical (unpaired) electrons. The zero-order valence-electron chi connectivity index (χ0n) is 15.6. The topological polar surface area (TPSA) is 79.0 Å². The Bertz CT molecular complexity index is 666. The third-order valence-corrected chi connectivity index (χ3v) is 6.65. The third kappa shape index (κ3) is 5.51. The van der Waals surface area contributed by atoms with E-state index < -0.39 is 10.0 Å². The largest absolute Gasteiger partial charge is 0.301 e. The van der Waals surface area contributed by atoms with Crippen LogP contribution in [-0.2, 0) is 14.9 Å². The number of likely N-dealkylation sites (tertiary alicyclic amines) is 1. The maximum absolute atomic E-state index is 12.4. The van der Waals surface area contributed by atoms with E-state index in [9.17, 15) is 13.2 Å². The zero-order chi connectivity index (χ0) is 19.0. The summed E-state index contributed by atoms with van der Waals surface area (Å²) in [5.41, 5.74) is 2.78. The van der Waals surface area contributed by atoms with E-state index in [-0.39, 0.29) is 10.8 Å². The quantitative estimate of drug-likeness (QED) is 0.520. The smallest absolute Gasteiger partial charge is 0.274 e. The molecule has 0 bridgehead atoms. The summed E-state index contributed by atoms with van der Waals surface area (Å²) < 4.78 is 26.2. The fraction of sp³-hybridized carbons (Fsp3) is 0.611. The Morgan fingerprint density at radius 2 is 1.73 bits per heavy atom. The van der Waals surface area contributed by atoms with E-state index in [0.29, 0.717) is 25.3 Å².